The van der Waals surface area contributed by atoms with E-state index in [2.05, 4.69) is 15.4 Å². The molecular formula is C17H25N3O4. The summed E-state index contributed by atoms with van der Waals surface area (Å²) in [5, 5.41) is 6.87. The highest BCUT2D eigenvalue weighted by atomic mass is 16.5. The molecule has 132 valence electrons. The lowest BCUT2D eigenvalue weighted by Gasteiger charge is -2.19. The van der Waals surface area contributed by atoms with Crippen LogP contribution in [0.3, 0.4) is 0 Å². The van der Waals surface area contributed by atoms with Crippen molar-refractivity contribution >= 4 is 11.9 Å². The molecule has 1 saturated heterocycles. The Labute approximate surface area is 141 Å². The van der Waals surface area contributed by atoms with Gasteiger partial charge in [0.1, 0.15) is 5.76 Å². The maximum Gasteiger partial charge on any atom is 0.309 e. The molecule has 2 atom stereocenters. The number of likely N-dealkylation sites (tertiary alicyclic amines) is 1. The van der Waals surface area contributed by atoms with Crippen molar-refractivity contribution < 1.29 is 18.8 Å². The minimum Gasteiger partial charge on any atom is -0.466 e. The summed E-state index contributed by atoms with van der Waals surface area (Å²) in [7, 11) is 0. The van der Waals surface area contributed by atoms with E-state index in [-0.39, 0.29) is 23.8 Å². The topological polar surface area (TPSA) is 84.7 Å². The minimum absolute atomic E-state index is 0.0768. The summed E-state index contributed by atoms with van der Waals surface area (Å²) in [4.78, 5) is 26.1. The lowest BCUT2D eigenvalue weighted by Crippen LogP contribution is -2.38. The monoisotopic (exact) mass is 335 g/mol. The molecule has 1 aromatic heterocycles. The van der Waals surface area contributed by atoms with Crippen molar-refractivity contribution in [2.45, 2.75) is 45.1 Å². The normalized spacial score (nSPS) is 22.3. The van der Waals surface area contributed by atoms with Crippen molar-refractivity contribution in [2.24, 2.45) is 5.92 Å². The van der Waals surface area contributed by atoms with E-state index in [0.717, 1.165) is 38.1 Å². The maximum absolute atomic E-state index is 12.3. The van der Waals surface area contributed by atoms with E-state index in [9.17, 15) is 9.59 Å². The van der Waals surface area contributed by atoms with Crippen molar-refractivity contribution in [3.63, 3.8) is 0 Å². The molecule has 2 unspecified atom stereocenters. The molecule has 7 heteroatoms. The van der Waals surface area contributed by atoms with Gasteiger partial charge in [0.2, 0.25) is 0 Å². The van der Waals surface area contributed by atoms with Crippen LogP contribution in [0.5, 0.6) is 0 Å². The Kier molecular flexibility index (Phi) is 5.18. The van der Waals surface area contributed by atoms with E-state index < -0.39 is 0 Å². The fraction of sp³-hybridized carbons (Fsp3) is 0.706. The largest absolute Gasteiger partial charge is 0.466 e. The standard InChI is InChI=1S/C17H25N3O4/c1-3-23-17(22)11(2)9-20-7-6-13(10-20)18-16(21)14-8-15(24-19-14)12-4-5-12/h8,11-13H,3-7,9-10H2,1-2H3,(H,18,21). The molecular weight excluding hydrogens is 310 g/mol. The Hall–Kier alpha value is -1.89. The van der Waals surface area contributed by atoms with Crippen molar-refractivity contribution in [1.82, 2.24) is 15.4 Å². The molecule has 1 aliphatic heterocycles. The van der Waals surface area contributed by atoms with Gasteiger partial charge in [-0.15, -0.1) is 0 Å². The highest BCUT2D eigenvalue weighted by Gasteiger charge is 2.30. The van der Waals surface area contributed by atoms with E-state index in [0.29, 0.717) is 24.8 Å². The molecule has 1 aromatic rings. The molecule has 0 bridgehead atoms. The molecule has 1 aliphatic carbocycles. The van der Waals surface area contributed by atoms with Gasteiger partial charge in [-0.2, -0.15) is 0 Å². The number of rotatable bonds is 7. The number of nitrogens with zero attached hydrogens (tertiary/aromatic N) is 2. The number of aromatic nitrogens is 1. The second kappa shape index (κ2) is 7.34. The van der Waals surface area contributed by atoms with Crippen molar-refractivity contribution in [2.75, 3.05) is 26.2 Å². The Bertz CT molecular complexity index is 596. The molecule has 0 radical (unpaired) electrons. The average molecular weight is 335 g/mol. The molecule has 0 spiro atoms. The Morgan fingerprint density at radius 2 is 2.25 bits per heavy atom. The highest BCUT2D eigenvalue weighted by molar-refractivity contribution is 5.92. The van der Waals surface area contributed by atoms with Crippen molar-refractivity contribution in [3.8, 4) is 0 Å². The number of amides is 1. The van der Waals surface area contributed by atoms with Crippen LogP contribution in [-0.4, -0.2) is 54.2 Å². The zero-order valence-electron chi connectivity index (χ0n) is 14.3. The summed E-state index contributed by atoms with van der Waals surface area (Å²) in [6.45, 7) is 6.34. The van der Waals surface area contributed by atoms with Gasteiger partial charge in [0.15, 0.2) is 5.69 Å². The van der Waals surface area contributed by atoms with Crippen LogP contribution in [0.15, 0.2) is 10.6 Å². The molecule has 24 heavy (non-hydrogen) atoms. The smallest absolute Gasteiger partial charge is 0.309 e. The second-order valence-electron chi connectivity index (χ2n) is 6.76. The molecule has 2 aliphatic rings. The van der Waals surface area contributed by atoms with Crippen LogP contribution in [0.1, 0.15) is 55.3 Å². The number of ether oxygens (including phenoxy) is 1. The van der Waals surface area contributed by atoms with Gasteiger partial charge in [-0.3, -0.25) is 9.59 Å². The first kappa shape index (κ1) is 17.0. The third-order valence-electron chi connectivity index (χ3n) is 4.57. The number of hydrogen-bond acceptors (Lipinski definition) is 6. The van der Waals surface area contributed by atoms with Gasteiger partial charge >= 0.3 is 5.97 Å². The Balaban J connectivity index is 1.45. The van der Waals surface area contributed by atoms with Crippen molar-refractivity contribution in [1.29, 1.82) is 0 Å². The number of hydrogen-bond donors (Lipinski definition) is 1. The molecule has 7 nitrogen and oxygen atoms in total. The number of carbonyl (C=O) groups excluding carboxylic acids is 2. The van der Waals surface area contributed by atoms with E-state index in [1.54, 1.807) is 6.07 Å². The van der Waals surface area contributed by atoms with Gasteiger partial charge in [-0.1, -0.05) is 12.1 Å². The molecule has 2 heterocycles. The zero-order chi connectivity index (χ0) is 17.1. The summed E-state index contributed by atoms with van der Waals surface area (Å²) in [6.07, 6.45) is 3.10. The summed E-state index contributed by atoms with van der Waals surface area (Å²) in [5.41, 5.74) is 0.357. The van der Waals surface area contributed by atoms with E-state index >= 15 is 0 Å². The predicted molar refractivity (Wildman–Crippen MR) is 86.6 cm³/mol. The summed E-state index contributed by atoms with van der Waals surface area (Å²) < 4.78 is 10.3. The van der Waals surface area contributed by atoms with Gasteiger partial charge in [0.05, 0.1) is 12.5 Å². The van der Waals surface area contributed by atoms with Gasteiger partial charge in [0, 0.05) is 37.7 Å². The summed E-state index contributed by atoms with van der Waals surface area (Å²) in [6, 6.07) is 1.83. The second-order valence-corrected chi connectivity index (χ2v) is 6.76. The Morgan fingerprint density at radius 1 is 1.46 bits per heavy atom. The van der Waals surface area contributed by atoms with Crippen LogP contribution in [0, 0.1) is 5.92 Å². The SMILES string of the molecule is CCOC(=O)C(C)CN1CCC(NC(=O)c2cc(C3CC3)on2)C1. The highest BCUT2D eigenvalue weighted by Crippen LogP contribution is 2.40. The quantitative estimate of drug-likeness (QED) is 0.761. The third kappa shape index (κ3) is 4.14. The summed E-state index contributed by atoms with van der Waals surface area (Å²) in [5.74, 6) is 0.758. The predicted octanol–water partition coefficient (Wildman–Crippen LogP) is 1.56. The molecule has 2 fully saturated rings. The van der Waals surface area contributed by atoms with Crippen LogP contribution in [0.4, 0.5) is 0 Å². The van der Waals surface area contributed by atoms with Gasteiger partial charge in [-0.25, -0.2) is 0 Å². The number of nitrogens with one attached hydrogen (secondary N) is 1. The average Bonchev–Trinajstić information content (AvgIpc) is 3.12. The molecule has 1 N–H and O–H groups in total. The first-order valence-electron chi connectivity index (χ1n) is 8.73. The van der Waals surface area contributed by atoms with Crippen LogP contribution >= 0.6 is 0 Å². The van der Waals surface area contributed by atoms with Gasteiger partial charge < -0.3 is 19.5 Å². The zero-order valence-corrected chi connectivity index (χ0v) is 14.3. The van der Waals surface area contributed by atoms with E-state index in [1.807, 2.05) is 13.8 Å². The first-order valence-corrected chi connectivity index (χ1v) is 8.73. The molecule has 0 aromatic carbocycles. The van der Waals surface area contributed by atoms with E-state index in [4.69, 9.17) is 9.26 Å². The summed E-state index contributed by atoms with van der Waals surface area (Å²) >= 11 is 0. The third-order valence-corrected chi connectivity index (χ3v) is 4.57. The molecule has 1 amide bonds. The van der Waals surface area contributed by atoms with E-state index in [1.165, 1.54) is 0 Å². The maximum atomic E-state index is 12.3. The molecule has 3 rings (SSSR count). The lowest BCUT2D eigenvalue weighted by atomic mass is 10.2. The first-order chi connectivity index (χ1) is 11.6. The lowest BCUT2D eigenvalue weighted by molar-refractivity contribution is -0.147. The van der Waals surface area contributed by atoms with Gasteiger partial charge in [0.25, 0.3) is 5.91 Å². The van der Waals surface area contributed by atoms with Crippen LogP contribution in [0.2, 0.25) is 0 Å². The number of carbonyl (C=O) groups is 2. The van der Waals surface area contributed by atoms with Crippen molar-refractivity contribution in [3.05, 3.63) is 17.5 Å². The Morgan fingerprint density at radius 3 is 2.96 bits per heavy atom. The fourth-order valence-corrected chi connectivity index (χ4v) is 3.08. The minimum atomic E-state index is -0.184. The van der Waals surface area contributed by atoms with Crippen LogP contribution in [-0.2, 0) is 9.53 Å². The molecule has 1 saturated carbocycles. The van der Waals surface area contributed by atoms with Gasteiger partial charge in [-0.05, 0) is 26.2 Å². The fourth-order valence-electron chi connectivity index (χ4n) is 3.08. The number of esters is 1. The van der Waals surface area contributed by atoms with Crippen LogP contribution in [0.25, 0.3) is 0 Å². The van der Waals surface area contributed by atoms with Crippen LogP contribution < -0.4 is 5.32 Å².